The molecular formula is C59H105NO13. The SMILES string of the molecule is CC/C=C\C/C=C\C/C=C\C/C=C\C/C=C\CCCCCCCCCCCCCC(=O)NC(COC1OC(CO)C(OC2OC(CO)C(O)C(O)C2O)C(O)C1O)C(O)CCCCCCCCCCCCCC. The molecule has 9 N–H and O–H groups in total. The van der Waals surface area contributed by atoms with Crippen LogP contribution >= 0.6 is 0 Å². The minimum absolute atomic E-state index is 0.213. The van der Waals surface area contributed by atoms with Gasteiger partial charge in [0.25, 0.3) is 0 Å². The summed E-state index contributed by atoms with van der Waals surface area (Å²) in [5.74, 6) is -0.213. The molecule has 0 spiro atoms. The molecule has 0 saturated carbocycles. The van der Waals surface area contributed by atoms with Gasteiger partial charge in [0.2, 0.25) is 5.91 Å². The van der Waals surface area contributed by atoms with Gasteiger partial charge in [-0.05, 0) is 57.8 Å². The van der Waals surface area contributed by atoms with Gasteiger partial charge in [-0.1, -0.05) is 209 Å². The number of rotatable bonds is 45. The normalized spacial score (nSPS) is 25.8. The molecule has 73 heavy (non-hydrogen) atoms. The van der Waals surface area contributed by atoms with E-state index in [9.17, 15) is 45.6 Å². The van der Waals surface area contributed by atoms with Gasteiger partial charge in [-0.3, -0.25) is 4.79 Å². The summed E-state index contributed by atoms with van der Waals surface area (Å²) in [6.45, 7) is 2.73. The highest BCUT2D eigenvalue weighted by molar-refractivity contribution is 5.76. The molecule has 12 atom stereocenters. The van der Waals surface area contributed by atoms with Crippen molar-refractivity contribution in [3.63, 3.8) is 0 Å². The Morgan fingerprint density at radius 3 is 1.45 bits per heavy atom. The van der Waals surface area contributed by atoms with Crippen LogP contribution in [0, 0.1) is 0 Å². The van der Waals surface area contributed by atoms with Crippen LogP contribution in [0.25, 0.3) is 0 Å². The van der Waals surface area contributed by atoms with E-state index in [2.05, 4.69) is 79.9 Å². The standard InChI is InChI=1S/C59H105NO13/c1-3-5-7-9-11-13-15-17-18-19-20-21-22-23-24-25-26-27-28-29-30-31-33-35-37-39-41-43-51(64)60-47(48(63)42-40-38-36-34-32-16-14-12-10-8-6-4-2)46-70-58-56(69)54(67)57(50(45-62)72-58)73-59-55(68)53(66)52(65)49(44-61)71-59/h5,7,11,13,17-18,20-21,23-24,47-50,52-59,61-63,65-69H,3-4,6,8-10,12,14-16,19,22,25-46H2,1-2H3,(H,60,64)/b7-5-,13-11-,18-17-,21-20-,24-23-. The molecule has 14 heteroatoms. The Morgan fingerprint density at radius 2 is 0.945 bits per heavy atom. The van der Waals surface area contributed by atoms with Gasteiger partial charge >= 0.3 is 0 Å². The van der Waals surface area contributed by atoms with E-state index < -0.39 is 86.8 Å². The Hall–Kier alpha value is -2.31. The Labute approximate surface area is 441 Å². The zero-order valence-corrected chi connectivity index (χ0v) is 45.4. The van der Waals surface area contributed by atoms with Gasteiger partial charge in [0.15, 0.2) is 12.6 Å². The average molecular weight is 1040 g/mol. The van der Waals surface area contributed by atoms with Gasteiger partial charge in [0, 0.05) is 6.42 Å². The lowest BCUT2D eigenvalue weighted by Crippen LogP contribution is -2.65. The minimum Gasteiger partial charge on any atom is -0.394 e. The molecule has 2 aliphatic rings. The van der Waals surface area contributed by atoms with Crippen molar-refractivity contribution in [2.75, 3.05) is 19.8 Å². The summed E-state index contributed by atoms with van der Waals surface area (Å²) in [6.07, 6.45) is 39.4. The summed E-state index contributed by atoms with van der Waals surface area (Å²) in [4.78, 5) is 13.2. The van der Waals surface area contributed by atoms with Crippen molar-refractivity contribution < 1.29 is 64.6 Å². The lowest BCUT2D eigenvalue weighted by atomic mass is 9.97. The third-order valence-electron chi connectivity index (χ3n) is 14.0. The molecular weight excluding hydrogens is 931 g/mol. The largest absolute Gasteiger partial charge is 0.394 e. The number of aliphatic hydroxyl groups excluding tert-OH is 8. The molecule has 0 aromatic carbocycles. The van der Waals surface area contributed by atoms with Crippen LogP contribution in [0.5, 0.6) is 0 Å². The first-order valence-corrected chi connectivity index (χ1v) is 29.0. The van der Waals surface area contributed by atoms with Crippen molar-refractivity contribution in [2.24, 2.45) is 0 Å². The molecule has 2 saturated heterocycles. The van der Waals surface area contributed by atoms with Crippen molar-refractivity contribution in [3.05, 3.63) is 60.8 Å². The maximum atomic E-state index is 13.2. The Morgan fingerprint density at radius 1 is 0.507 bits per heavy atom. The summed E-state index contributed by atoms with van der Waals surface area (Å²) in [5, 5.41) is 87.1. The molecule has 0 aromatic rings. The van der Waals surface area contributed by atoms with Crippen LogP contribution in [0.1, 0.15) is 213 Å². The smallest absolute Gasteiger partial charge is 0.220 e. The number of unbranched alkanes of at least 4 members (excludes halogenated alkanes) is 22. The van der Waals surface area contributed by atoms with Crippen LogP contribution in [0.15, 0.2) is 60.8 Å². The second-order valence-corrected chi connectivity index (χ2v) is 20.4. The Kier molecular flexibility index (Phi) is 41.0. The number of allylic oxidation sites excluding steroid dienone is 10. The molecule has 2 fully saturated rings. The molecule has 0 bridgehead atoms. The van der Waals surface area contributed by atoms with Gasteiger partial charge in [-0.2, -0.15) is 0 Å². The van der Waals surface area contributed by atoms with Gasteiger partial charge in [-0.25, -0.2) is 0 Å². The van der Waals surface area contributed by atoms with Crippen LogP contribution < -0.4 is 5.32 Å². The minimum atomic E-state index is -1.78. The second kappa shape index (κ2) is 44.8. The maximum Gasteiger partial charge on any atom is 0.220 e. The predicted molar refractivity (Wildman–Crippen MR) is 290 cm³/mol. The quantitative estimate of drug-likeness (QED) is 0.0205. The number of nitrogens with one attached hydrogen (secondary N) is 1. The monoisotopic (exact) mass is 1040 g/mol. The molecule has 0 aromatic heterocycles. The lowest BCUT2D eigenvalue weighted by Gasteiger charge is -2.46. The van der Waals surface area contributed by atoms with E-state index >= 15 is 0 Å². The molecule has 14 nitrogen and oxygen atoms in total. The Balaban J connectivity index is 1.71. The molecule has 1 amide bonds. The van der Waals surface area contributed by atoms with E-state index in [1.54, 1.807) is 0 Å². The number of carbonyl (C=O) groups is 1. The first kappa shape index (κ1) is 66.8. The number of carbonyl (C=O) groups excluding carboxylic acids is 1. The number of amides is 1. The number of aliphatic hydroxyl groups is 8. The van der Waals surface area contributed by atoms with Crippen LogP contribution in [-0.4, -0.2) is 140 Å². The third-order valence-corrected chi connectivity index (χ3v) is 14.0. The average Bonchev–Trinajstić information content (AvgIpc) is 3.39. The van der Waals surface area contributed by atoms with E-state index in [1.165, 1.54) is 96.3 Å². The van der Waals surface area contributed by atoms with Gasteiger partial charge in [-0.15, -0.1) is 0 Å². The van der Waals surface area contributed by atoms with E-state index in [4.69, 9.17) is 18.9 Å². The fraction of sp³-hybridized carbons (Fsp3) is 0.814. The first-order chi connectivity index (χ1) is 35.6. The fourth-order valence-electron chi connectivity index (χ4n) is 9.32. The highest BCUT2D eigenvalue weighted by Gasteiger charge is 2.51. The van der Waals surface area contributed by atoms with Gasteiger partial charge in [0.1, 0.15) is 48.8 Å². The summed E-state index contributed by atoms with van der Waals surface area (Å²) in [6, 6.07) is -0.832. The molecule has 0 radical (unpaired) electrons. The zero-order valence-electron chi connectivity index (χ0n) is 45.4. The molecule has 424 valence electrons. The molecule has 2 heterocycles. The van der Waals surface area contributed by atoms with E-state index in [1.807, 2.05) is 0 Å². The fourth-order valence-corrected chi connectivity index (χ4v) is 9.32. The number of ether oxygens (including phenoxy) is 4. The van der Waals surface area contributed by atoms with Crippen molar-refractivity contribution in [3.8, 4) is 0 Å². The highest BCUT2D eigenvalue weighted by atomic mass is 16.7. The van der Waals surface area contributed by atoms with Crippen molar-refractivity contribution in [1.29, 1.82) is 0 Å². The lowest BCUT2D eigenvalue weighted by molar-refractivity contribution is -0.359. The second-order valence-electron chi connectivity index (χ2n) is 20.4. The summed E-state index contributed by atoms with van der Waals surface area (Å²) in [7, 11) is 0. The van der Waals surface area contributed by atoms with Gasteiger partial charge < -0.3 is 65.1 Å². The molecule has 12 unspecified atom stereocenters. The van der Waals surface area contributed by atoms with Crippen LogP contribution in [-0.2, 0) is 23.7 Å². The van der Waals surface area contributed by atoms with E-state index in [0.717, 1.165) is 89.9 Å². The zero-order chi connectivity index (χ0) is 53.2. The van der Waals surface area contributed by atoms with Crippen molar-refractivity contribution in [1.82, 2.24) is 5.32 Å². The molecule has 0 aliphatic carbocycles. The number of hydrogen-bond donors (Lipinski definition) is 9. The van der Waals surface area contributed by atoms with E-state index in [-0.39, 0.29) is 12.5 Å². The topological polar surface area (TPSA) is 228 Å². The molecule has 2 aliphatic heterocycles. The highest BCUT2D eigenvalue weighted by Crippen LogP contribution is 2.30. The predicted octanol–water partition coefficient (Wildman–Crippen LogP) is 9.39. The Bertz CT molecular complexity index is 1450. The van der Waals surface area contributed by atoms with Crippen molar-refractivity contribution in [2.45, 2.75) is 286 Å². The van der Waals surface area contributed by atoms with E-state index in [0.29, 0.717) is 12.8 Å². The van der Waals surface area contributed by atoms with Crippen LogP contribution in [0.4, 0.5) is 0 Å². The first-order valence-electron chi connectivity index (χ1n) is 29.0. The van der Waals surface area contributed by atoms with Crippen LogP contribution in [0.3, 0.4) is 0 Å². The third kappa shape index (κ3) is 30.9. The molecule has 2 rings (SSSR count). The summed E-state index contributed by atoms with van der Waals surface area (Å²) >= 11 is 0. The number of hydrogen-bond acceptors (Lipinski definition) is 13. The summed E-state index contributed by atoms with van der Waals surface area (Å²) in [5.41, 5.74) is 0. The summed E-state index contributed by atoms with van der Waals surface area (Å²) < 4.78 is 22.8. The van der Waals surface area contributed by atoms with Gasteiger partial charge in [0.05, 0.1) is 32.0 Å². The maximum absolute atomic E-state index is 13.2. The van der Waals surface area contributed by atoms with Crippen LogP contribution in [0.2, 0.25) is 0 Å². The van der Waals surface area contributed by atoms with Crippen molar-refractivity contribution >= 4 is 5.91 Å².